The number of benzene rings is 2. The maximum atomic E-state index is 13.5. The van der Waals surface area contributed by atoms with Crippen LogP contribution in [0.5, 0.6) is 5.75 Å². The van der Waals surface area contributed by atoms with Crippen LogP contribution in [-0.4, -0.2) is 61.4 Å². The number of imide groups is 1. The first kappa shape index (κ1) is 20.2. The van der Waals surface area contributed by atoms with Gasteiger partial charge in [-0.25, -0.2) is 4.90 Å². The molecule has 0 radical (unpaired) electrons. The molecule has 0 aromatic heterocycles. The van der Waals surface area contributed by atoms with Crippen LogP contribution in [0.2, 0.25) is 0 Å². The maximum Gasteiger partial charge on any atom is 0.282 e. The number of rotatable bonds is 5. The van der Waals surface area contributed by atoms with E-state index in [0.717, 1.165) is 43.9 Å². The number of hydrogen-bond donors (Lipinski definition) is 0. The molecule has 156 valence electrons. The predicted octanol–water partition coefficient (Wildman–Crippen LogP) is 2.93. The highest BCUT2D eigenvalue weighted by molar-refractivity contribution is 6.45. The van der Waals surface area contributed by atoms with Crippen molar-refractivity contribution < 1.29 is 14.3 Å². The minimum Gasteiger partial charge on any atom is -0.497 e. The van der Waals surface area contributed by atoms with Crippen molar-refractivity contribution in [3.05, 3.63) is 65.4 Å². The second kappa shape index (κ2) is 8.32. The van der Waals surface area contributed by atoms with Crippen LogP contribution in [-0.2, 0) is 9.59 Å². The van der Waals surface area contributed by atoms with Crippen LogP contribution in [0.25, 0.3) is 5.57 Å². The maximum absolute atomic E-state index is 13.5. The normalized spacial score (nSPS) is 17.8. The highest BCUT2D eigenvalue weighted by Gasteiger charge is 2.42. The third kappa shape index (κ3) is 3.59. The largest absolute Gasteiger partial charge is 0.497 e. The molecule has 0 aliphatic carbocycles. The monoisotopic (exact) mass is 405 g/mol. The molecule has 1 saturated heterocycles. The third-order valence-electron chi connectivity index (χ3n) is 5.87. The smallest absolute Gasteiger partial charge is 0.282 e. The van der Waals surface area contributed by atoms with Gasteiger partial charge in [0.05, 0.1) is 18.4 Å². The summed E-state index contributed by atoms with van der Waals surface area (Å²) in [5, 5.41) is 0. The first-order valence-electron chi connectivity index (χ1n) is 10.3. The highest BCUT2D eigenvalue weighted by atomic mass is 16.5. The fourth-order valence-electron chi connectivity index (χ4n) is 4.05. The molecule has 1 fully saturated rings. The molecule has 2 aliphatic rings. The van der Waals surface area contributed by atoms with Crippen molar-refractivity contribution in [2.24, 2.45) is 0 Å². The molecule has 2 aromatic rings. The standard InChI is InChI=1S/C24H27N3O3/c1-4-25-13-15-26(16-14-25)22-21(18-7-11-20(30-3)12-8-18)23(28)27(24(22)29)19-9-5-17(2)6-10-19/h5-12H,4,13-16H2,1-3H3. The molecule has 6 nitrogen and oxygen atoms in total. The van der Waals surface area contributed by atoms with Gasteiger partial charge in [-0.1, -0.05) is 36.8 Å². The van der Waals surface area contributed by atoms with Crippen LogP contribution in [0.4, 0.5) is 5.69 Å². The van der Waals surface area contributed by atoms with Crippen molar-refractivity contribution in [1.29, 1.82) is 0 Å². The summed E-state index contributed by atoms with van der Waals surface area (Å²) in [5.41, 5.74) is 3.38. The lowest BCUT2D eigenvalue weighted by Gasteiger charge is -2.36. The van der Waals surface area contributed by atoms with Gasteiger partial charge in [0.2, 0.25) is 0 Å². The highest BCUT2D eigenvalue weighted by Crippen LogP contribution is 2.35. The quantitative estimate of drug-likeness (QED) is 0.716. The summed E-state index contributed by atoms with van der Waals surface area (Å²) in [7, 11) is 1.61. The number of carbonyl (C=O) groups excluding carboxylic acids is 2. The van der Waals surface area contributed by atoms with Crippen molar-refractivity contribution in [1.82, 2.24) is 9.80 Å². The Balaban J connectivity index is 1.76. The minimum atomic E-state index is -0.276. The number of hydrogen-bond acceptors (Lipinski definition) is 5. The minimum absolute atomic E-state index is 0.250. The number of ether oxygens (including phenoxy) is 1. The zero-order valence-electron chi connectivity index (χ0n) is 17.7. The summed E-state index contributed by atoms with van der Waals surface area (Å²) in [6, 6.07) is 14.8. The SMILES string of the molecule is CCN1CCN(C2=C(c3ccc(OC)cc3)C(=O)N(c3ccc(C)cc3)C2=O)CC1. The lowest BCUT2D eigenvalue weighted by molar-refractivity contribution is -0.120. The first-order valence-corrected chi connectivity index (χ1v) is 10.3. The summed E-state index contributed by atoms with van der Waals surface area (Å²) < 4.78 is 5.25. The molecular weight excluding hydrogens is 378 g/mol. The molecule has 4 rings (SSSR count). The Morgan fingerprint density at radius 1 is 0.867 bits per heavy atom. The molecule has 0 spiro atoms. The number of piperazine rings is 1. The summed E-state index contributed by atoms with van der Waals surface area (Å²) in [6.45, 7) is 8.32. The van der Waals surface area contributed by atoms with Crippen LogP contribution in [0.1, 0.15) is 18.1 Å². The summed E-state index contributed by atoms with van der Waals surface area (Å²) in [5.74, 6) is 0.186. The molecular formula is C24H27N3O3. The number of aryl methyl sites for hydroxylation is 1. The molecule has 0 bridgehead atoms. The van der Waals surface area contributed by atoms with Crippen LogP contribution in [0, 0.1) is 6.92 Å². The molecule has 2 aliphatic heterocycles. The zero-order valence-corrected chi connectivity index (χ0v) is 17.7. The van der Waals surface area contributed by atoms with E-state index in [4.69, 9.17) is 4.74 Å². The molecule has 0 unspecified atom stereocenters. The fourth-order valence-corrected chi connectivity index (χ4v) is 4.05. The van der Waals surface area contributed by atoms with E-state index in [2.05, 4.69) is 16.7 Å². The molecule has 2 heterocycles. The summed E-state index contributed by atoms with van der Waals surface area (Å²) >= 11 is 0. The number of nitrogens with zero attached hydrogens (tertiary/aromatic N) is 3. The Morgan fingerprint density at radius 3 is 2.07 bits per heavy atom. The van der Waals surface area contributed by atoms with Gasteiger partial charge in [-0.2, -0.15) is 0 Å². The number of likely N-dealkylation sites (N-methyl/N-ethyl adjacent to an activating group) is 1. The molecule has 0 N–H and O–H groups in total. The van der Waals surface area contributed by atoms with Crippen LogP contribution in [0.3, 0.4) is 0 Å². The Bertz CT molecular complexity index is 972. The van der Waals surface area contributed by atoms with E-state index >= 15 is 0 Å². The molecule has 6 heteroatoms. The Hall–Kier alpha value is -3.12. The summed E-state index contributed by atoms with van der Waals surface area (Å²) in [6.07, 6.45) is 0. The van der Waals surface area contributed by atoms with Crippen LogP contribution >= 0.6 is 0 Å². The van der Waals surface area contributed by atoms with Gasteiger partial charge in [0.1, 0.15) is 11.4 Å². The molecule has 30 heavy (non-hydrogen) atoms. The van der Waals surface area contributed by atoms with Gasteiger partial charge in [-0.05, 0) is 43.3 Å². The van der Waals surface area contributed by atoms with Gasteiger partial charge in [0.25, 0.3) is 11.8 Å². The van der Waals surface area contributed by atoms with Crippen LogP contribution < -0.4 is 9.64 Å². The van der Waals surface area contributed by atoms with Crippen molar-refractivity contribution in [2.75, 3.05) is 44.7 Å². The van der Waals surface area contributed by atoms with E-state index in [-0.39, 0.29) is 11.8 Å². The lowest BCUT2D eigenvalue weighted by atomic mass is 10.0. The third-order valence-corrected chi connectivity index (χ3v) is 5.87. The van der Waals surface area contributed by atoms with Crippen LogP contribution in [0.15, 0.2) is 54.2 Å². The van der Waals surface area contributed by atoms with Crippen molar-refractivity contribution in [3.63, 3.8) is 0 Å². The van der Waals surface area contributed by atoms with Gasteiger partial charge in [0, 0.05) is 26.2 Å². The van der Waals surface area contributed by atoms with Gasteiger partial charge in [0.15, 0.2) is 0 Å². The van der Waals surface area contributed by atoms with E-state index < -0.39 is 0 Å². The van der Waals surface area contributed by atoms with E-state index in [1.807, 2.05) is 55.5 Å². The fraction of sp³-hybridized carbons (Fsp3) is 0.333. The Kier molecular flexibility index (Phi) is 5.59. The second-order valence-electron chi connectivity index (χ2n) is 7.65. The topological polar surface area (TPSA) is 53.1 Å². The number of methoxy groups -OCH3 is 1. The van der Waals surface area contributed by atoms with Gasteiger partial charge >= 0.3 is 0 Å². The lowest BCUT2D eigenvalue weighted by Crippen LogP contribution is -2.47. The predicted molar refractivity (Wildman–Crippen MR) is 117 cm³/mol. The molecule has 2 aromatic carbocycles. The first-order chi connectivity index (χ1) is 14.5. The van der Waals surface area contributed by atoms with E-state index in [0.29, 0.717) is 22.7 Å². The molecule has 0 saturated carbocycles. The van der Waals surface area contributed by atoms with Crippen molar-refractivity contribution in [2.45, 2.75) is 13.8 Å². The number of anilines is 1. The van der Waals surface area contributed by atoms with Gasteiger partial charge in [-0.15, -0.1) is 0 Å². The molecule has 0 atom stereocenters. The van der Waals surface area contributed by atoms with Crippen molar-refractivity contribution in [3.8, 4) is 5.75 Å². The molecule has 2 amide bonds. The Labute approximate surface area is 177 Å². The van der Waals surface area contributed by atoms with Crippen molar-refractivity contribution >= 4 is 23.1 Å². The number of carbonyl (C=O) groups is 2. The number of amides is 2. The van der Waals surface area contributed by atoms with Gasteiger partial charge in [-0.3, -0.25) is 9.59 Å². The van der Waals surface area contributed by atoms with Gasteiger partial charge < -0.3 is 14.5 Å². The average Bonchev–Trinajstić information content (AvgIpc) is 3.04. The van der Waals surface area contributed by atoms with E-state index in [1.54, 1.807) is 7.11 Å². The zero-order chi connectivity index (χ0) is 21.3. The van der Waals surface area contributed by atoms with E-state index in [9.17, 15) is 9.59 Å². The van der Waals surface area contributed by atoms with E-state index in [1.165, 1.54) is 4.90 Å². The Morgan fingerprint density at radius 2 is 1.50 bits per heavy atom. The average molecular weight is 405 g/mol. The second-order valence-corrected chi connectivity index (χ2v) is 7.65. The summed E-state index contributed by atoms with van der Waals surface area (Å²) in [4.78, 5) is 32.8.